The summed E-state index contributed by atoms with van der Waals surface area (Å²) in [6.45, 7) is 3.02. The molecule has 0 spiro atoms. The van der Waals surface area contributed by atoms with Crippen LogP contribution in [0.25, 0.3) is 22.3 Å². The number of carboxylic acids is 1. The third kappa shape index (κ3) is 7.94. The second-order valence-electron chi connectivity index (χ2n) is 10.9. The Bertz CT molecular complexity index is 1710. The summed E-state index contributed by atoms with van der Waals surface area (Å²) < 4.78 is 40.4. The predicted octanol–water partition coefficient (Wildman–Crippen LogP) is 6.57. The van der Waals surface area contributed by atoms with Gasteiger partial charge in [0.15, 0.2) is 11.6 Å². The number of hydrogen-bond acceptors (Lipinski definition) is 6. The number of carbonyl (C=O) groups excluding carboxylic acids is 1. The van der Waals surface area contributed by atoms with E-state index in [0.29, 0.717) is 52.5 Å². The van der Waals surface area contributed by atoms with Crippen LogP contribution in [-0.4, -0.2) is 55.4 Å². The molecule has 4 N–H and O–H groups in total. The molecule has 12 heteroatoms. The molecule has 6 rings (SSSR count). The van der Waals surface area contributed by atoms with Crippen molar-refractivity contribution in [3.05, 3.63) is 102 Å². The van der Waals surface area contributed by atoms with Crippen LogP contribution in [0, 0.1) is 11.6 Å². The molecule has 4 aromatic rings. The zero-order valence-electron chi connectivity index (χ0n) is 24.6. The van der Waals surface area contributed by atoms with Crippen molar-refractivity contribution in [3.63, 3.8) is 0 Å². The van der Waals surface area contributed by atoms with Crippen LogP contribution in [0.1, 0.15) is 33.6 Å². The van der Waals surface area contributed by atoms with Gasteiger partial charge in [0.2, 0.25) is 0 Å². The minimum atomic E-state index is -1.05. The zero-order valence-corrected chi connectivity index (χ0v) is 26.2. The fourth-order valence-electron chi connectivity index (χ4n) is 5.44. The first-order valence-corrected chi connectivity index (χ1v) is 14.5. The Labute approximate surface area is 277 Å². The third-order valence-electron chi connectivity index (χ3n) is 7.75. The van der Waals surface area contributed by atoms with Gasteiger partial charge in [-0.05, 0) is 97.7 Å². The van der Waals surface area contributed by atoms with E-state index in [-0.39, 0.29) is 48.1 Å². The third-order valence-corrected chi connectivity index (χ3v) is 7.75. The number of benzene rings is 4. The maximum Gasteiger partial charge on any atom is 0.335 e. The highest BCUT2D eigenvalue weighted by Gasteiger charge is 2.22. The Morgan fingerprint density at radius 2 is 1.35 bits per heavy atom. The molecule has 2 saturated heterocycles. The average Bonchev–Trinajstić information content (AvgIpc) is 3.74. The van der Waals surface area contributed by atoms with Crippen LogP contribution >= 0.6 is 24.8 Å². The fraction of sp³-hybridized carbons (Fsp3) is 0.235. The van der Waals surface area contributed by atoms with Crippen molar-refractivity contribution in [2.24, 2.45) is 0 Å². The van der Waals surface area contributed by atoms with Gasteiger partial charge in [0.25, 0.3) is 5.91 Å². The first-order chi connectivity index (χ1) is 21.3. The van der Waals surface area contributed by atoms with Gasteiger partial charge in [-0.15, -0.1) is 24.8 Å². The molecule has 2 aliphatic rings. The van der Waals surface area contributed by atoms with E-state index in [4.69, 9.17) is 9.47 Å². The molecule has 46 heavy (non-hydrogen) atoms. The van der Waals surface area contributed by atoms with E-state index in [0.717, 1.165) is 38.1 Å². The SMILES string of the molecule is Cl.Cl.O=C(O)c1cccc(-c2cc(NC(=O)c3ccc(O[C@H]4CCNC4)c(-c4ccc(F)c(F)c4)c3)ccc2O[C@H]2CCNC2)c1. The Balaban J connectivity index is 0.00000240. The van der Waals surface area contributed by atoms with Gasteiger partial charge in [-0.2, -0.15) is 0 Å². The molecule has 0 aromatic heterocycles. The molecule has 2 fully saturated rings. The zero-order chi connectivity index (χ0) is 30.6. The Hall–Kier alpha value is -4.22. The second-order valence-corrected chi connectivity index (χ2v) is 10.9. The molecule has 242 valence electrons. The lowest BCUT2D eigenvalue weighted by Gasteiger charge is -2.19. The van der Waals surface area contributed by atoms with Crippen molar-refractivity contribution >= 4 is 42.4 Å². The molecular weight excluding hydrogens is 639 g/mol. The van der Waals surface area contributed by atoms with Crippen molar-refractivity contribution in [2.45, 2.75) is 25.0 Å². The summed E-state index contributed by atoms with van der Waals surface area (Å²) in [6, 6.07) is 20.2. The summed E-state index contributed by atoms with van der Waals surface area (Å²) in [5.41, 5.74) is 2.99. The van der Waals surface area contributed by atoms with Gasteiger partial charge >= 0.3 is 5.97 Å². The summed E-state index contributed by atoms with van der Waals surface area (Å²) in [7, 11) is 0. The maximum atomic E-state index is 14.2. The molecule has 0 unspecified atom stereocenters. The van der Waals surface area contributed by atoms with E-state index in [1.807, 2.05) is 0 Å². The van der Waals surface area contributed by atoms with Crippen LogP contribution in [0.2, 0.25) is 0 Å². The van der Waals surface area contributed by atoms with Crippen LogP contribution < -0.4 is 25.4 Å². The minimum absolute atomic E-state index is 0. The molecule has 1 amide bonds. The van der Waals surface area contributed by atoms with Crippen LogP contribution in [-0.2, 0) is 0 Å². The van der Waals surface area contributed by atoms with Crippen LogP contribution in [0.4, 0.5) is 14.5 Å². The summed E-state index contributed by atoms with van der Waals surface area (Å²) in [5.74, 6) is -2.41. The van der Waals surface area contributed by atoms with Crippen LogP contribution in [0.15, 0.2) is 78.9 Å². The van der Waals surface area contributed by atoms with Gasteiger partial charge in [0.05, 0.1) is 5.56 Å². The van der Waals surface area contributed by atoms with Gasteiger partial charge in [-0.3, -0.25) is 4.79 Å². The van der Waals surface area contributed by atoms with Crippen molar-refractivity contribution < 1.29 is 33.0 Å². The number of ether oxygens (including phenoxy) is 2. The van der Waals surface area contributed by atoms with E-state index >= 15 is 0 Å². The number of hydrogen-bond donors (Lipinski definition) is 4. The number of carbonyl (C=O) groups is 2. The van der Waals surface area contributed by atoms with Gasteiger partial charge in [0, 0.05) is 35.5 Å². The summed E-state index contributed by atoms with van der Waals surface area (Å²) in [4.78, 5) is 25.2. The van der Waals surface area contributed by atoms with Gasteiger partial charge < -0.3 is 30.5 Å². The monoisotopic (exact) mass is 671 g/mol. The highest BCUT2D eigenvalue weighted by molar-refractivity contribution is 6.05. The predicted molar refractivity (Wildman–Crippen MR) is 177 cm³/mol. The number of nitrogens with one attached hydrogen (secondary N) is 3. The van der Waals surface area contributed by atoms with Gasteiger partial charge in [-0.25, -0.2) is 13.6 Å². The molecule has 0 saturated carbocycles. The largest absolute Gasteiger partial charge is 0.488 e. The molecule has 0 aliphatic carbocycles. The van der Waals surface area contributed by atoms with E-state index < -0.39 is 23.5 Å². The number of aromatic carboxylic acids is 1. The first-order valence-electron chi connectivity index (χ1n) is 14.5. The summed E-state index contributed by atoms with van der Waals surface area (Å²) in [5, 5.41) is 19.0. The minimum Gasteiger partial charge on any atom is -0.488 e. The van der Waals surface area contributed by atoms with Crippen molar-refractivity contribution in [3.8, 4) is 33.8 Å². The number of halogens is 4. The number of rotatable bonds is 9. The van der Waals surface area contributed by atoms with Gasteiger partial charge in [0.1, 0.15) is 23.7 Å². The highest BCUT2D eigenvalue weighted by Crippen LogP contribution is 2.36. The normalized spacial score (nSPS) is 17.0. The lowest BCUT2D eigenvalue weighted by molar-refractivity contribution is 0.0696. The lowest BCUT2D eigenvalue weighted by atomic mass is 10.00. The molecule has 0 radical (unpaired) electrons. The lowest BCUT2D eigenvalue weighted by Crippen LogP contribution is -2.20. The summed E-state index contributed by atoms with van der Waals surface area (Å²) >= 11 is 0. The van der Waals surface area contributed by atoms with Crippen molar-refractivity contribution in [2.75, 3.05) is 31.5 Å². The van der Waals surface area contributed by atoms with Crippen LogP contribution in [0.3, 0.4) is 0 Å². The van der Waals surface area contributed by atoms with Gasteiger partial charge in [-0.1, -0.05) is 18.2 Å². The highest BCUT2D eigenvalue weighted by atomic mass is 35.5. The average molecular weight is 673 g/mol. The van der Waals surface area contributed by atoms with E-state index in [1.165, 1.54) is 12.1 Å². The molecule has 2 atom stereocenters. The van der Waals surface area contributed by atoms with E-state index in [2.05, 4.69) is 16.0 Å². The number of carboxylic acid groups (broad SMARTS) is 1. The fourth-order valence-corrected chi connectivity index (χ4v) is 5.44. The van der Waals surface area contributed by atoms with Crippen molar-refractivity contribution in [1.82, 2.24) is 10.6 Å². The van der Waals surface area contributed by atoms with Crippen molar-refractivity contribution in [1.29, 1.82) is 0 Å². The van der Waals surface area contributed by atoms with E-state index in [9.17, 15) is 23.5 Å². The molecule has 2 heterocycles. The summed E-state index contributed by atoms with van der Waals surface area (Å²) in [6.07, 6.45) is 1.52. The Morgan fingerprint density at radius 1 is 0.717 bits per heavy atom. The maximum absolute atomic E-state index is 14.2. The van der Waals surface area contributed by atoms with Crippen LogP contribution in [0.5, 0.6) is 11.5 Å². The Morgan fingerprint density at radius 3 is 1.96 bits per heavy atom. The molecular formula is C34H33Cl2F2N3O5. The molecule has 8 nitrogen and oxygen atoms in total. The topological polar surface area (TPSA) is 109 Å². The molecule has 0 bridgehead atoms. The smallest absolute Gasteiger partial charge is 0.335 e. The second kappa shape index (κ2) is 15.4. The number of amides is 1. The van der Waals surface area contributed by atoms with E-state index in [1.54, 1.807) is 54.6 Å². The molecule has 2 aliphatic heterocycles. The number of anilines is 1. The standard InChI is InChI=1S/C34H31F2N3O5.2ClH/c35-29-7-4-21(16-30(29)36)27-15-22(5-8-31(27)43-25-10-12-37-18-25)33(40)39-24-6-9-32(44-26-11-13-38-19-26)28(17-24)20-2-1-3-23(14-20)34(41)42;;/h1-9,14-17,25-26,37-38H,10-13,18-19H2,(H,39,40)(H,41,42);2*1H/t25-,26-;;/m0../s1. The molecule has 4 aromatic carbocycles. The first kappa shape index (κ1) is 34.6. The quantitative estimate of drug-likeness (QED) is 0.159. The Kier molecular flexibility index (Phi) is 11.6.